The van der Waals surface area contributed by atoms with E-state index in [1.54, 1.807) is 23.1 Å². The van der Waals surface area contributed by atoms with Crippen molar-refractivity contribution in [2.75, 3.05) is 4.90 Å². The van der Waals surface area contributed by atoms with Crippen molar-refractivity contribution in [2.24, 2.45) is 0 Å². The summed E-state index contributed by atoms with van der Waals surface area (Å²) < 4.78 is 5.99. The highest BCUT2D eigenvalue weighted by Crippen LogP contribution is 2.40. The van der Waals surface area contributed by atoms with Crippen LogP contribution < -0.4 is 9.64 Å². The largest absolute Gasteiger partial charge is 0.455 e. The van der Waals surface area contributed by atoms with E-state index < -0.39 is 0 Å². The number of halogens is 1. The molecule has 0 fully saturated rings. The minimum atomic E-state index is -0.275. The summed E-state index contributed by atoms with van der Waals surface area (Å²) in [7, 11) is 0. The van der Waals surface area contributed by atoms with Crippen LogP contribution in [0.15, 0.2) is 54.6 Å². The number of hydrogen-bond donors (Lipinski definition) is 0. The van der Waals surface area contributed by atoms with Crippen molar-refractivity contribution < 1.29 is 14.3 Å². The molecule has 3 rings (SSSR count). The Hall–Kier alpha value is -2.59. The molecule has 140 valence electrons. The zero-order valence-corrected chi connectivity index (χ0v) is 16.0. The summed E-state index contributed by atoms with van der Waals surface area (Å²) in [6.45, 7) is 2.43. The number of ether oxygens (including phenoxy) is 1. The first-order valence-electron chi connectivity index (χ1n) is 9.16. The number of carbonyl (C=O) groups is 2. The number of benzene rings is 2. The summed E-state index contributed by atoms with van der Waals surface area (Å²) >= 11 is 6.14. The number of ketones is 1. The predicted octanol–water partition coefficient (Wildman–Crippen LogP) is 5.68. The van der Waals surface area contributed by atoms with Gasteiger partial charge in [0.25, 0.3) is 5.91 Å². The molecule has 0 aliphatic carbocycles. The van der Waals surface area contributed by atoms with Crippen LogP contribution in [-0.4, -0.2) is 11.7 Å². The number of allylic oxidation sites excluding steroid dienone is 1. The maximum Gasteiger partial charge on any atom is 0.251 e. The highest BCUT2D eigenvalue weighted by atomic mass is 35.5. The second-order valence-electron chi connectivity index (χ2n) is 6.50. The van der Waals surface area contributed by atoms with E-state index in [9.17, 15) is 9.59 Å². The van der Waals surface area contributed by atoms with Crippen LogP contribution in [-0.2, 0) is 16.1 Å². The molecule has 0 unspecified atom stereocenters. The van der Waals surface area contributed by atoms with Crippen LogP contribution >= 0.6 is 11.6 Å². The number of para-hydroxylation sites is 1. The number of rotatable bonds is 6. The normalized spacial score (nSPS) is 12.9. The summed E-state index contributed by atoms with van der Waals surface area (Å²) in [5.74, 6) is 0.952. The fraction of sp³-hybridized carbons (Fsp3) is 0.273. The molecule has 0 radical (unpaired) electrons. The topological polar surface area (TPSA) is 46.6 Å². The molecular formula is C22H22ClNO3. The standard InChI is InChI=1S/C22H22ClNO3/c1-2-3-4-8-18(25)11-13-22(26)24-15-16-7-5-6-9-20(16)27-21-12-10-17(23)14-19(21)24/h5-7,9-14H,2-4,8,15H2,1H3/b13-11+. The average molecular weight is 384 g/mol. The Kier molecular flexibility index (Phi) is 6.30. The summed E-state index contributed by atoms with van der Waals surface area (Å²) in [6, 6.07) is 12.8. The highest BCUT2D eigenvalue weighted by molar-refractivity contribution is 6.31. The van der Waals surface area contributed by atoms with E-state index in [4.69, 9.17) is 16.3 Å². The Balaban J connectivity index is 1.86. The lowest BCUT2D eigenvalue weighted by Crippen LogP contribution is -2.28. The van der Waals surface area contributed by atoms with Gasteiger partial charge in [0.15, 0.2) is 11.5 Å². The van der Waals surface area contributed by atoms with Gasteiger partial charge in [-0.1, -0.05) is 49.6 Å². The molecule has 1 aliphatic rings. The maximum absolute atomic E-state index is 12.9. The van der Waals surface area contributed by atoms with Gasteiger partial charge in [-0.25, -0.2) is 0 Å². The molecule has 1 amide bonds. The van der Waals surface area contributed by atoms with E-state index in [1.807, 2.05) is 24.3 Å². The molecule has 0 aromatic heterocycles. The summed E-state index contributed by atoms with van der Waals surface area (Å²) in [4.78, 5) is 26.4. The molecule has 0 spiro atoms. The van der Waals surface area contributed by atoms with Gasteiger partial charge in [0, 0.05) is 23.1 Å². The van der Waals surface area contributed by atoms with Gasteiger partial charge in [-0.05, 0) is 36.8 Å². The number of hydrogen-bond acceptors (Lipinski definition) is 3. The first-order chi connectivity index (χ1) is 13.1. The molecule has 2 aromatic carbocycles. The van der Waals surface area contributed by atoms with Gasteiger partial charge in [-0.3, -0.25) is 9.59 Å². The molecule has 27 heavy (non-hydrogen) atoms. The number of nitrogens with zero attached hydrogens (tertiary/aromatic N) is 1. The van der Waals surface area contributed by atoms with Crippen molar-refractivity contribution in [3.05, 3.63) is 65.2 Å². The SMILES string of the molecule is CCCCCC(=O)/C=C/C(=O)N1Cc2ccccc2Oc2ccc(Cl)cc21. The summed E-state index contributed by atoms with van der Waals surface area (Å²) in [5.41, 5.74) is 1.48. The van der Waals surface area contributed by atoms with E-state index in [-0.39, 0.29) is 11.7 Å². The minimum Gasteiger partial charge on any atom is -0.455 e. The van der Waals surface area contributed by atoms with Crippen molar-refractivity contribution in [1.82, 2.24) is 0 Å². The Bertz CT molecular complexity index is 876. The molecule has 5 heteroatoms. The van der Waals surface area contributed by atoms with Gasteiger partial charge in [0.05, 0.1) is 12.2 Å². The lowest BCUT2D eigenvalue weighted by molar-refractivity contribution is -0.116. The second-order valence-corrected chi connectivity index (χ2v) is 6.94. The third-order valence-electron chi connectivity index (χ3n) is 4.44. The lowest BCUT2D eigenvalue weighted by Gasteiger charge is -2.20. The fourth-order valence-corrected chi connectivity index (χ4v) is 3.15. The molecule has 1 heterocycles. The zero-order valence-electron chi connectivity index (χ0n) is 15.3. The van der Waals surface area contributed by atoms with Gasteiger partial charge >= 0.3 is 0 Å². The molecular weight excluding hydrogens is 362 g/mol. The average Bonchev–Trinajstić information content (AvgIpc) is 2.83. The Morgan fingerprint density at radius 3 is 2.74 bits per heavy atom. The van der Waals surface area contributed by atoms with Gasteiger partial charge in [-0.2, -0.15) is 0 Å². The Morgan fingerprint density at radius 2 is 1.93 bits per heavy atom. The van der Waals surface area contributed by atoms with Crippen LogP contribution in [0.1, 0.15) is 38.2 Å². The number of amides is 1. The molecule has 4 nitrogen and oxygen atoms in total. The monoisotopic (exact) mass is 383 g/mol. The fourth-order valence-electron chi connectivity index (χ4n) is 2.98. The minimum absolute atomic E-state index is 0.0328. The second kappa shape index (κ2) is 8.87. The van der Waals surface area contributed by atoms with Crippen LogP contribution in [0.3, 0.4) is 0 Å². The summed E-state index contributed by atoms with van der Waals surface area (Å²) in [5, 5.41) is 0.515. The third-order valence-corrected chi connectivity index (χ3v) is 4.67. The van der Waals surface area contributed by atoms with Gasteiger partial charge in [0.1, 0.15) is 5.75 Å². The highest BCUT2D eigenvalue weighted by Gasteiger charge is 2.24. The van der Waals surface area contributed by atoms with Gasteiger partial charge in [0.2, 0.25) is 0 Å². The third kappa shape index (κ3) is 4.77. The molecule has 0 saturated heterocycles. The number of unbranched alkanes of at least 4 members (excludes halogenated alkanes) is 2. The molecule has 0 saturated carbocycles. The zero-order chi connectivity index (χ0) is 19.2. The predicted molar refractivity (Wildman–Crippen MR) is 107 cm³/mol. The summed E-state index contributed by atoms with van der Waals surface area (Å²) in [6.07, 6.45) is 6.09. The van der Waals surface area contributed by atoms with Crippen molar-refractivity contribution >= 4 is 29.0 Å². The first kappa shape index (κ1) is 19.2. The van der Waals surface area contributed by atoms with Crippen LogP contribution in [0.4, 0.5) is 5.69 Å². The van der Waals surface area contributed by atoms with Crippen molar-refractivity contribution in [3.63, 3.8) is 0 Å². The van der Waals surface area contributed by atoms with Crippen molar-refractivity contribution in [3.8, 4) is 11.5 Å². The van der Waals surface area contributed by atoms with Crippen LogP contribution in [0.2, 0.25) is 5.02 Å². The van der Waals surface area contributed by atoms with E-state index in [2.05, 4.69) is 6.92 Å². The van der Waals surface area contributed by atoms with Crippen molar-refractivity contribution in [2.45, 2.75) is 39.2 Å². The van der Waals surface area contributed by atoms with E-state index in [0.717, 1.165) is 24.8 Å². The van der Waals surface area contributed by atoms with E-state index in [0.29, 0.717) is 35.2 Å². The van der Waals surface area contributed by atoms with Crippen LogP contribution in [0.5, 0.6) is 11.5 Å². The van der Waals surface area contributed by atoms with Crippen LogP contribution in [0, 0.1) is 0 Å². The quantitative estimate of drug-likeness (QED) is 0.476. The van der Waals surface area contributed by atoms with E-state index in [1.165, 1.54) is 12.2 Å². The van der Waals surface area contributed by atoms with Gasteiger partial charge in [-0.15, -0.1) is 0 Å². The lowest BCUT2D eigenvalue weighted by atomic mass is 10.1. The van der Waals surface area contributed by atoms with Crippen LogP contribution in [0.25, 0.3) is 0 Å². The Morgan fingerprint density at radius 1 is 1.11 bits per heavy atom. The number of carbonyl (C=O) groups excluding carboxylic acids is 2. The smallest absolute Gasteiger partial charge is 0.251 e. The van der Waals surface area contributed by atoms with E-state index >= 15 is 0 Å². The number of fused-ring (bicyclic) bond motifs is 2. The van der Waals surface area contributed by atoms with Gasteiger partial charge < -0.3 is 9.64 Å². The molecule has 0 N–H and O–H groups in total. The molecule has 2 aromatic rings. The number of anilines is 1. The van der Waals surface area contributed by atoms with Crippen molar-refractivity contribution in [1.29, 1.82) is 0 Å². The molecule has 0 bridgehead atoms. The first-order valence-corrected chi connectivity index (χ1v) is 9.54. The molecule has 1 aliphatic heterocycles. The molecule has 0 atom stereocenters. The Labute approximate surface area is 164 Å². The maximum atomic E-state index is 12.9.